The first-order valence-electron chi connectivity index (χ1n) is 5.50. The Morgan fingerprint density at radius 2 is 1.35 bits per heavy atom. The fourth-order valence-corrected chi connectivity index (χ4v) is 1.18. The van der Waals surface area contributed by atoms with E-state index in [1.54, 1.807) is 12.1 Å². The Kier molecular flexibility index (Phi) is 4.44. The first kappa shape index (κ1) is 13.3. The molecule has 0 aliphatic carbocycles. The molecule has 0 unspecified atom stereocenters. The minimum Gasteiger partial charge on any atom is -0.459 e. The van der Waals surface area contributed by atoms with E-state index in [4.69, 9.17) is 8.83 Å². The lowest BCUT2D eigenvalue weighted by molar-refractivity contribution is 0.0920. The lowest BCUT2D eigenvalue weighted by Crippen LogP contribution is -2.18. The monoisotopic (exact) mass is 274 g/mol. The molecule has 0 aromatic carbocycles. The van der Waals surface area contributed by atoms with Crippen LogP contribution >= 0.6 is 0 Å². The van der Waals surface area contributed by atoms with Gasteiger partial charge in [-0.05, 0) is 24.3 Å². The van der Waals surface area contributed by atoms with Crippen LogP contribution in [0.1, 0.15) is 21.1 Å². The Morgan fingerprint density at radius 3 is 1.70 bits per heavy atom. The maximum atomic E-state index is 11.4. The Hall–Kier alpha value is -3.16. The average Bonchev–Trinajstić information content (AvgIpc) is 3.14. The van der Waals surface area contributed by atoms with Crippen molar-refractivity contribution in [3.8, 4) is 0 Å². The van der Waals surface area contributed by atoms with Gasteiger partial charge in [-0.25, -0.2) is 10.9 Å². The second-order valence-corrected chi connectivity index (χ2v) is 3.39. The van der Waals surface area contributed by atoms with Crippen molar-refractivity contribution >= 4 is 24.2 Å². The van der Waals surface area contributed by atoms with Gasteiger partial charge in [0.15, 0.2) is 11.5 Å². The molecular formula is C12H10N4O4. The molecule has 2 aromatic heterocycles. The number of amides is 2. The highest BCUT2D eigenvalue weighted by Crippen LogP contribution is 1.99. The fraction of sp³-hybridized carbons (Fsp3) is 0. The second-order valence-electron chi connectivity index (χ2n) is 3.39. The van der Waals surface area contributed by atoms with Crippen molar-refractivity contribution in [3.05, 3.63) is 48.3 Å². The number of hydrogen-bond donors (Lipinski definition) is 2. The van der Waals surface area contributed by atoms with Gasteiger partial charge in [-0.15, -0.1) is 0 Å². The molecule has 0 radical (unpaired) electrons. The summed E-state index contributed by atoms with van der Waals surface area (Å²) in [5, 5.41) is 7.16. The summed E-state index contributed by atoms with van der Waals surface area (Å²) in [6.45, 7) is 0. The van der Waals surface area contributed by atoms with Gasteiger partial charge in [-0.2, -0.15) is 10.2 Å². The second kappa shape index (κ2) is 6.69. The summed E-state index contributed by atoms with van der Waals surface area (Å²) in [4.78, 5) is 22.7. The van der Waals surface area contributed by atoms with Crippen LogP contribution < -0.4 is 10.9 Å². The quantitative estimate of drug-likeness (QED) is 0.626. The smallest absolute Gasteiger partial charge is 0.307 e. The van der Waals surface area contributed by atoms with Gasteiger partial charge in [0, 0.05) is 0 Å². The zero-order valence-corrected chi connectivity index (χ0v) is 10.1. The SMILES string of the molecule is O=C(NN=CC=NNC(=O)c1ccco1)c1ccco1. The van der Waals surface area contributed by atoms with Gasteiger partial charge in [-0.3, -0.25) is 9.59 Å². The number of carbonyl (C=O) groups is 2. The zero-order chi connectivity index (χ0) is 14.2. The molecule has 2 rings (SSSR count). The van der Waals surface area contributed by atoms with Gasteiger partial charge in [0.2, 0.25) is 0 Å². The van der Waals surface area contributed by atoms with Crippen molar-refractivity contribution < 1.29 is 18.4 Å². The Balaban J connectivity index is 1.72. The summed E-state index contributed by atoms with van der Waals surface area (Å²) in [5.41, 5.74) is 4.43. The van der Waals surface area contributed by atoms with Crippen LogP contribution in [-0.2, 0) is 0 Å². The molecule has 2 N–H and O–H groups in total. The van der Waals surface area contributed by atoms with Gasteiger partial charge >= 0.3 is 11.8 Å². The van der Waals surface area contributed by atoms with Crippen LogP contribution in [0, 0.1) is 0 Å². The van der Waals surface area contributed by atoms with Crippen molar-refractivity contribution in [3.63, 3.8) is 0 Å². The summed E-state index contributed by atoms with van der Waals surface area (Å²) in [6.07, 6.45) is 5.15. The summed E-state index contributed by atoms with van der Waals surface area (Å²) < 4.78 is 9.72. The lowest BCUT2D eigenvalue weighted by Gasteiger charge is -1.94. The van der Waals surface area contributed by atoms with Crippen molar-refractivity contribution in [2.24, 2.45) is 10.2 Å². The van der Waals surface area contributed by atoms with Crippen LogP contribution in [-0.4, -0.2) is 24.2 Å². The molecule has 0 fully saturated rings. The van der Waals surface area contributed by atoms with Crippen LogP contribution in [0.2, 0.25) is 0 Å². The zero-order valence-electron chi connectivity index (χ0n) is 10.1. The average molecular weight is 274 g/mol. The Labute approximate surface area is 113 Å². The molecule has 0 aliphatic heterocycles. The van der Waals surface area contributed by atoms with E-state index in [9.17, 15) is 9.59 Å². The highest BCUT2D eigenvalue weighted by Gasteiger charge is 2.06. The van der Waals surface area contributed by atoms with Crippen LogP contribution in [0.15, 0.2) is 55.8 Å². The normalized spacial score (nSPS) is 11.0. The van der Waals surface area contributed by atoms with Gasteiger partial charge < -0.3 is 8.83 Å². The highest BCUT2D eigenvalue weighted by molar-refractivity contribution is 6.16. The topological polar surface area (TPSA) is 109 Å². The number of nitrogens with one attached hydrogen (secondary N) is 2. The lowest BCUT2D eigenvalue weighted by atomic mass is 10.4. The summed E-state index contributed by atoms with van der Waals surface area (Å²) in [6, 6.07) is 6.18. The first-order valence-corrected chi connectivity index (χ1v) is 5.50. The maximum absolute atomic E-state index is 11.4. The number of hydrogen-bond acceptors (Lipinski definition) is 6. The summed E-state index contributed by atoms with van der Waals surface area (Å²) in [7, 11) is 0. The van der Waals surface area contributed by atoms with Gasteiger partial charge in [0.05, 0.1) is 25.0 Å². The molecule has 0 saturated heterocycles. The molecule has 0 atom stereocenters. The van der Waals surface area contributed by atoms with E-state index in [1.807, 2.05) is 0 Å². The van der Waals surface area contributed by atoms with Gasteiger partial charge in [0.1, 0.15) is 0 Å². The molecule has 8 nitrogen and oxygen atoms in total. The number of furan rings is 2. The number of rotatable bonds is 5. The van der Waals surface area contributed by atoms with E-state index in [-0.39, 0.29) is 11.5 Å². The van der Waals surface area contributed by atoms with Crippen molar-refractivity contribution in [2.75, 3.05) is 0 Å². The summed E-state index contributed by atoms with van der Waals surface area (Å²) >= 11 is 0. The number of carbonyl (C=O) groups excluding carboxylic acids is 2. The van der Waals surface area contributed by atoms with E-state index in [0.29, 0.717) is 0 Å². The molecule has 0 spiro atoms. The minimum absolute atomic E-state index is 0.144. The van der Waals surface area contributed by atoms with Crippen molar-refractivity contribution in [1.82, 2.24) is 10.9 Å². The molecule has 8 heteroatoms. The molecule has 102 valence electrons. The third-order valence-electron chi connectivity index (χ3n) is 2.04. The van der Waals surface area contributed by atoms with Crippen LogP contribution in [0.25, 0.3) is 0 Å². The highest BCUT2D eigenvalue weighted by atomic mass is 16.3. The van der Waals surface area contributed by atoms with Crippen LogP contribution in [0.3, 0.4) is 0 Å². The van der Waals surface area contributed by atoms with Gasteiger partial charge in [-0.1, -0.05) is 0 Å². The van der Waals surface area contributed by atoms with Crippen molar-refractivity contribution in [2.45, 2.75) is 0 Å². The number of hydrazone groups is 2. The van der Waals surface area contributed by atoms with Crippen molar-refractivity contribution in [1.29, 1.82) is 0 Å². The molecule has 0 bridgehead atoms. The number of nitrogens with zero attached hydrogens (tertiary/aromatic N) is 2. The third-order valence-corrected chi connectivity index (χ3v) is 2.04. The Morgan fingerprint density at radius 1 is 0.900 bits per heavy atom. The molecule has 20 heavy (non-hydrogen) atoms. The Bertz CT molecular complexity index is 558. The van der Waals surface area contributed by atoms with Crippen LogP contribution in [0.4, 0.5) is 0 Å². The van der Waals surface area contributed by atoms with E-state index in [0.717, 1.165) is 0 Å². The fourth-order valence-electron chi connectivity index (χ4n) is 1.18. The van der Waals surface area contributed by atoms with Crippen LogP contribution in [0.5, 0.6) is 0 Å². The maximum Gasteiger partial charge on any atom is 0.307 e. The molecule has 2 aromatic rings. The third kappa shape index (κ3) is 3.67. The largest absolute Gasteiger partial charge is 0.459 e. The van der Waals surface area contributed by atoms with Gasteiger partial charge in [0.25, 0.3) is 0 Å². The van der Waals surface area contributed by atoms with E-state index in [2.05, 4.69) is 21.1 Å². The predicted molar refractivity (Wildman–Crippen MR) is 69.3 cm³/mol. The minimum atomic E-state index is -0.487. The molecular weight excluding hydrogens is 264 g/mol. The first-order chi connectivity index (χ1) is 9.77. The van der Waals surface area contributed by atoms with E-state index in [1.165, 1.54) is 37.1 Å². The van der Waals surface area contributed by atoms with E-state index < -0.39 is 11.8 Å². The summed E-state index contributed by atoms with van der Waals surface area (Å²) in [5.74, 6) is -0.686. The standard InChI is InChI=1S/C12H10N4O4/c17-11(9-3-1-7-19-9)15-13-5-6-14-16-12(18)10-4-2-8-20-10/h1-8H,(H,15,17)(H,16,18). The molecule has 0 saturated carbocycles. The predicted octanol–water partition coefficient (Wildman–Crippen LogP) is 1.00. The van der Waals surface area contributed by atoms with E-state index >= 15 is 0 Å². The molecule has 2 amide bonds. The molecule has 0 aliphatic rings. The molecule has 2 heterocycles.